The van der Waals surface area contributed by atoms with Gasteiger partial charge in [0, 0.05) is 5.56 Å². The van der Waals surface area contributed by atoms with Gasteiger partial charge in [0.1, 0.15) is 5.56 Å². The molecule has 0 aromatic heterocycles. The first-order chi connectivity index (χ1) is 7.45. The van der Waals surface area contributed by atoms with Gasteiger partial charge in [-0.1, -0.05) is 13.8 Å². The van der Waals surface area contributed by atoms with Crippen molar-refractivity contribution in [2.75, 3.05) is 0 Å². The number of carbonyl (C=O) groups is 1. The van der Waals surface area contributed by atoms with Crippen LogP contribution in [0.25, 0.3) is 0 Å². The SMILES string of the molecule is CCc1c(C)c(C(=O)O)c(O)c(O)c1CC. The Hall–Kier alpha value is -1.71. The summed E-state index contributed by atoms with van der Waals surface area (Å²) in [6, 6.07) is 0. The maximum Gasteiger partial charge on any atom is 0.339 e. The molecule has 0 saturated heterocycles. The first kappa shape index (κ1) is 12.4. The number of benzene rings is 1. The molecule has 0 amide bonds. The highest BCUT2D eigenvalue weighted by Gasteiger charge is 2.23. The second-order valence-electron chi connectivity index (χ2n) is 3.67. The van der Waals surface area contributed by atoms with Gasteiger partial charge >= 0.3 is 5.97 Å². The van der Waals surface area contributed by atoms with E-state index in [0.29, 0.717) is 24.0 Å². The van der Waals surface area contributed by atoms with E-state index >= 15 is 0 Å². The van der Waals surface area contributed by atoms with Crippen molar-refractivity contribution in [2.24, 2.45) is 0 Å². The summed E-state index contributed by atoms with van der Waals surface area (Å²) < 4.78 is 0. The summed E-state index contributed by atoms with van der Waals surface area (Å²) in [6.07, 6.45) is 1.19. The fourth-order valence-corrected chi connectivity index (χ4v) is 2.08. The third-order valence-corrected chi connectivity index (χ3v) is 2.86. The summed E-state index contributed by atoms with van der Waals surface area (Å²) in [6.45, 7) is 5.40. The van der Waals surface area contributed by atoms with Crippen molar-refractivity contribution < 1.29 is 20.1 Å². The molecule has 0 bridgehead atoms. The lowest BCUT2D eigenvalue weighted by Gasteiger charge is -2.16. The Labute approximate surface area is 94.2 Å². The van der Waals surface area contributed by atoms with Crippen LogP contribution in [-0.4, -0.2) is 21.3 Å². The Balaban J connectivity index is 3.69. The molecule has 3 N–H and O–H groups in total. The Kier molecular flexibility index (Phi) is 3.42. The highest BCUT2D eigenvalue weighted by Crippen LogP contribution is 2.38. The highest BCUT2D eigenvalue weighted by molar-refractivity contribution is 5.94. The number of rotatable bonds is 3. The zero-order valence-corrected chi connectivity index (χ0v) is 9.66. The van der Waals surface area contributed by atoms with E-state index in [0.717, 1.165) is 5.56 Å². The smallest absolute Gasteiger partial charge is 0.339 e. The van der Waals surface area contributed by atoms with Gasteiger partial charge in [-0.25, -0.2) is 4.79 Å². The molecule has 4 heteroatoms. The average Bonchev–Trinajstić information content (AvgIpc) is 2.22. The van der Waals surface area contributed by atoms with E-state index in [1.807, 2.05) is 13.8 Å². The van der Waals surface area contributed by atoms with Gasteiger partial charge in [0.2, 0.25) is 0 Å². The van der Waals surface area contributed by atoms with Crippen LogP contribution in [0.5, 0.6) is 11.5 Å². The first-order valence-corrected chi connectivity index (χ1v) is 5.25. The number of carboxylic acids is 1. The Morgan fingerprint density at radius 1 is 1.06 bits per heavy atom. The van der Waals surface area contributed by atoms with E-state index in [1.165, 1.54) is 0 Å². The van der Waals surface area contributed by atoms with Crippen LogP contribution in [0.4, 0.5) is 0 Å². The minimum Gasteiger partial charge on any atom is -0.504 e. The van der Waals surface area contributed by atoms with Gasteiger partial charge in [-0.05, 0) is 30.9 Å². The van der Waals surface area contributed by atoms with E-state index in [-0.39, 0.29) is 11.3 Å². The van der Waals surface area contributed by atoms with Crippen LogP contribution in [0.3, 0.4) is 0 Å². The molecule has 0 fully saturated rings. The molecule has 16 heavy (non-hydrogen) atoms. The van der Waals surface area contributed by atoms with Crippen molar-refractivity contribution in [3.05, 3.63) is 22.3 Å². The molecule has 0 spiro atoms. The monoisotopic (exact) mass is 224 g/mol. The summed E-state index contributed by atoms with van der Waals surface area (Å²) in [5.41, 5.74) is 1.76. The minimum atomic E-state index is -1.22. The first-order valence-electron chi connectivity index (χ1n) is 5.25. The molecule has 0 radical (unpaired) electrons. The van der Waals surface area contributed by atoms with Crippen molar-refractivity contribution in [1.82, 2.24) is 0 Å². The lowest BCUT2D eigenvalue weighted by Crippen LogP contribution is -2.06. The number of phenolic OH excluding ortho intramolecular Hbond substituents is 1. The number of hydrogen-bond acceptors (Lipinski definition) is 3. The van der Waals surface area contributed by atoms with E-state index in [9.17, 15) is 15.0 Å². The third-order valence-electron chi connectivity index (χ3n) is 2.86. The Morgan fingerprint density at radius 2 is 1.56 bits per heavy atom. The molecule has 0 aliphatic heterocycles. The zero-order chi connectivity index (χ0) is 12.5. The van der Waals surface area contributed by atoms with Crippen molar-refractivity contribution in [3.8, 4) is 11.5 Å². The van der Waals surface area contributed by atoms with Gasteiger partial charge in [-0.15, -0.1) is 0 Å². The normalized spacial score (nSPS) is 10.4. The maximum atomic E-state index is 11.0. The molecule has 0 aliphatic rings. The van der Waals surface area contributed by atoms with E-state index in [4.69, 9.17) is 5.11 Å². The summed E-state index contributed by atoms with van der Waals surface area (Å²) in [5.74, 6) is -2.05. The predicted octanol–water partition coefficient (Wildman–Crippen LogP) is 2.23. The van der Waals surface area contributed by atoms with Crippen LogP contribution in [0.2, 0.25) is 0 Å². The Bertz CT molecular complexity index is 435. The minimum absolute atomic E-state index is 0.202. The maximum absolute atomic E-state index is 11.0. The van der Waals surface area contributed by atoms with Crippen molar-refractivity contribution >= 4 is 5.97 Å². The fraction of sp³-hybridized carbons (Fsp3) is 0.417. The summed E-state index contributed by atoms with van der Waals surface area (Å²) in [5, 5.41) is 28.4. The van der Waals surface area contributed by atoms with Crippen LogP contribution in [0, 0.1) is 6.92 Å². The quantitative estimate of drug-likeness (QED) is 0.688. The molecule has 0 saturated carbocycles. The molecule has 1 rings (SSSR count). The van der Waals surface area contributed by atoms with E-state index < -0.39 is 11.7 Å². The second kappa shape index (κ2) is 4.43. The summed E-state index contributed by atoms with van der Waals surface area (Å²) >= 11 is 0. The van der Waals surface area contributed by atoms with Gasteiger partial charge in [0.05, 0.1) is 0 Å². The second-order valence-corrected chi connectivity index (χ2v) is 3.67. The molecule has 0 atom stereocenters. The van der Waals surface area contributed by atoms with Crippen LogP contribution in [0.15, 0.2) is 0 Å². The topological polar surface area (TPSA) is 77.8 Å². The average molecular weight is 224 g/mol. The standard InChI is InChI=1S/C12H16O4/c1-4-7-6(3)9(12(15)16)11(14)10(13)8(7)5-2/h13-14H,4-5H2,1-3H3,(H,15,16). The molecule has 0 aliphatic carbocycles. The van der Waals surface area contributed by atoms with Crippen LogP contribution >= 0.6 is 0 Å². The largest absolute Gasteiger partial charge is 0.504 e. The summed E-state index contributed by atoms with van der Waals surface area (Å²) in [7, 11) is 0. The predicted molar refractivity (Wildman–Crippen MR) is 60.2 cm³/mol. The lowest BCUT2D eigenvalue weighted by molar-refractivity contribution is 0.0692. The number of hydrogen-bond donors (Lipinski definition) is 3. The molecule has 1 aromatic rings. The van der Waals surface area contributed by atoms with Gasteiger partial charge in [-0.2, -0.15) is 0 Å². The molecular formula is C12H16O4. The number of phenols is 2. The van der Waals surface area contributed by atoms with Gasteiger partial charge in [-0.3, -0.25) is 0 Å². The van der Waals surface area contributed by atoms with Gasteiger partial charge in [0.15, 0.2) is 11.5 Å². The van der Waals surface area contributed by atoms with Crippen molar-refractivity contribution in [2.45, 2.75) is 33.6 Å². The van der Waals surface area contributed by atoms with Gasteiger partial charge < -0.3 is 15.3 Å². The van der Waals surface area contributed by atoms with E-state index in [2.05, 4.69) is 0 Å². The van der Waals surface area contributed by atoms with E-state index in [1.54, 1.807) is 6.92 Å². The Morgan fingerprint density at radius 3 is 1.94 bits per heavy atom. The lowest BCUT2D eigenvalue weighted by atomic mass is 9.92. The fourth-order valence-electron chi connectivity index (χ4n) is 2.08. The third kappa shape index (κ3) is 1.71. The molecular weight excluding hydrogens is 208 g/mol. The summed E-state index contributed by atoms with van der Waals surface area (Å²) in [4.78, 5) is 11.0. The van der Waals surface area contributed by atoms with Crippen LogP contribution in [-0.2, 0) is 12.8 Å². The van der Waals surface area contributed by atoms with Crippen LogP contribution < -0.4 is 0 Å². The molecule has 1 aromatic carbocycles. The molecule has 88 valence electrons. The number of carboxylic acid groups (broad SMARTS) is 1. The van der Waals surface area contributed by atoms with Crippen molar-refractivity contribution in [3.63, 3.8) is 0 Å². The van der Waals surface area contributed by atoms with Crippen LogP contribution in [0.1, 0.15) is 40.9 Å². The number of aromatic hydroxyl groups is 2. The highest BCUT2D eigenvalue weighted by atomic mass is 16.4. The van der Waals surface area contributed by atoms with Crippen molar-refractivity contribution in [1.29, 1.82) is 0 Å². The molecule has 0 heterocycles. The zero-order valence-electron chi connectivity index (χ0n) is 9.66. The molecule has 4 nitrogen and oxygen atoms in total. The van der Waals surface area contributed by atoms with Gasteiger partial charge in [0.25, 0.3) is 0 Å². The molecule has 0 unspecified atom stereocenters. The number of aromatic carboxylic acids is 1.